The second-order valence-corrected chi connectivity index (χ2v) is 4.17. The van der Waals surface area contributed by atoms with Crippen LogP contribution in [-0.2, 0) is 4.74 Å². The Morgan fingerprint density at radius 2 is 2.20 bits per heavy atom. The minimum Gasteiger partial charge on any atom is -0.385 e. The summed E-state index contributed by atoms with van der Waals surface area (Å²) < 4.78 is 5.52. The lowest BCUT2D eigenvalue weighted by Gasteiger charge is -2.31. The Labute approximate surface area is 91.1 Å². The van der Waals surface area contributed by atoms with Crippen molar-refractivity contribution in [2.75, 3.05) is 6.61 Å². The third kappa shape index (κ3) is 2.76. The molecule has 0 fully saturated rings. The summed E-state index contributed by atoms with van der Waals surface area (Å²) in [6.07, 6.45) is 2.77. The quantitative estimate of drug-likeness (QED) is 0.827. The number of aromatic nitrogens is 1. The molecule has 3 heteroatoms. The molecule has 1 unspecified atom stereocenters. The van der Waals surface area contributed by atoms with Crippen LogP contribution in [0, 0.1) is 6.92 Å². The van der Waals surface area contributed by atoms with Gasteiger partial charge in [-0.15, -0.1) is 0 Å². The van der Waals surface area contributed by atoms with E-state index in [1.807, 2.05) is 33.8 Å². The van der Waals surface area contributed by atoms with Gasteiger partial charge in [-0.2, -0.15) is 0 Å². The van der Waals surface area contributed by atoms with Crippen molar-refractivity contribution in [1.82, 2.24) is 4.98 Å². The zero-order valence-electron chi connectivity index (χ0n) is 9.82. The lowest BCUT2D eigenvalue weighted by Crippen LogP contribution is -2.33. The molecule has 1 aromatic heterocycles. The maximum atomic E-state index is 10.2. The Morgan fingerprint density at radius 3 is 2.73 bits per heavy atom. The van der Waals surface area contributed by atoms with Crippen molar-refractivity contribution in [3.05, 3.63) is 29.6 Å². The topological polar surface area (TPSA) is 42.4 Å². The van der Waals surface area contributed by atoms with Crippen molar-refractivity contribution < 1.29 is 9.84 Å². The summed E-state index contributed by atoms with van der Waals surface area (Å²) in [5.41, 5.74) is 1.28. The molecular weight excluding hydrogens is 190 g/mol. The number of hydrogen-bond donors (Lipinski definition) is 1. The number of hydrogen-bond acceptors (Lipinski definition) is 3. The average molecular weight is 209 g/mol. The summed E-state index contributed by atoms with van der Waals surface area (Å²) in [5.74, 6) is 0. The van der Waals surface area contributed by atoms with Crippen LogP contribution >= 0.6 is 0 Å². The molecule has 0 saturated carbocycles. The van der Waals surface area contributed by atoms with Gasteiger partial charge in [-0.05, 0) is 39.3 Å². The molecule has 0 spiro atoms. The summed E-state index contributed by atoms with van der Waals surface area (Å²) in [4.78, 5) is 4.02. The Bertz CT molecular complexity index is 323. The van der Waals surface area contributed by atoms with Crippen molar-refractivity contribution in [3.63, 3.8) is 0 Å². The molecule has 0 aliphatic carbocycles. The fourth-order valence-corrected chi connectivity index (χ4v) is 1.59. The molecule has 1 N–H and O–H groups in total. The fraction of sp³-hybridized carbons (Fsp3) is 0.583. The molecule has 0 saturated heterocycles. The number of pyridine rings is 1. The van der Waals surface area contributed by atoms with Gasteiger partial charge in [0.15, 0.2) is 0 Å². The summed E-state index contributed by atoms with van der Waals surface area (Å²) >= 11 is 0. The van der Waals surface area contributed by atoms with Crippen LogP contribution in [0.3, 0.4) is 0 Å². The van der Waals surface area contributed by atoms with Gasteiger partial charge < -0.3 is 9.84 Å². The summed E-state index contributed by atoms with van der Waals surface area (Å²) in [5, 5.41) is 10.2. The predicted molar refractivity (Wildman–Crippen MR) is 59.6 cm³/mol. The first-order valence-electron chi connectivity index (χ1n) is 5.21. The second-order valence-electron chi connectivity index (χ2n) is 4.17. The molecule has 0 aliphatic rings. The number of nitrogens with zero attached hydrogens (tertiary/aromatic N) is 1. The van der Waals surface area contributed by atoms with Crippen LogP contribution in [-0.4, -0.2) is 22.3 Å². The first kappa shape index (κ1) is 12.1. The molecule has 0 bridgehead atoms. The van der Waals surface area contributed by atoms with E-state index in [2.05, 4.69) is 4.98 Å². The van der Waals surface area contributed by atoms with Gasteiger partial charge >= 0.3 is 0 Å². The van der Waals surface area contributed by atoms with E-state index in [9.17, 15) is 5.11 Å². The normalized spacial score (nSPS) is 13.9. The minimum atomic E-state index is -0.647. The fourth-order valence-electron chi connectivity index (χ4n) is 1.59. The second kappa shape index (κ2) is 4.73. The molecule has 84 valence electrons. The van der Waals surface area contributed by atoms with Crippen LogP contribution < -0.4 is 0 Å². The number of ether oxygens (including phenoxy) is 1. The highest BCUT2D eigenvalue weighted by Gasteiger charge is 2.30. The first-order chi connectivity index (χ1) is 6.99. The molecule has 15 heavy (non-hydrogen) atoms. The number of aliphatic hydroxyl groups excluding tert-OH is 1. The zero-order valence-corrected chi connectivity index (χ0v) is 9.82. The Hall–Kier alpha value is -0.930. The molecule has 1 rings (SSSR count). The van der Waals surface area contributed by atoms with Crippen LogP contribution in [0.5, 0.6) is 0 Å². The van der Waals surface area contributed by atoms with Gasteiger partial charge in [0.25, 0.3) is 0 Å². The van der Waals surface area contributed by atoms with Crippen LogP contribution in [0.4, 0.5) is 0 Å². The van der Waals surface area contributed by atoms with Crippen LogP contribution in [0.15, 0.2) is 18.5 Å². The minimum absolute atomic E-state index is 0.581. The van der Waals surface area contributed by atoms with E-state index in [1.54, 1.807) is 12.4 Å². The van der Waals surface area contributed by atoms with Crippen molar-refractivity contribution in [1.29, 1.82) is 0 Å². The smallest absolute Gasteiger partial charge is 0.109 e. The standard InChI is InChI=1S/C12H19NO2/c1-5-15-12(3,4)11(14)10-8-13-7-6-9(10)2/h6-8,11,14H,5H2,1-4H3. The Balaban J connectivity index is 2.93. The van der Waals surface area contributed by atoms with Gasteiger partial charge in [0.2, 0.25) is 0 Å². The van der Waals surface area contributed by atoms with Gasteiger partial charge in [-0.3, -0.25) is 4.98 Å². The van der Waals surface area contributed by atoms with E-state index in [0.29, 0.717) is 6.61 Å². The van der Waals surface area contributed by atoms with E-state index < -0.39 is 11.7 Å². The number of aliphatic hydroxyl groups is 1. The molecule has 3 nitrogen and oxygen atoms in total. The van der Waals surface area contributed by atoms with E-state index in [1.165, 1.54) is 0 Å². The highest BCUT2D eigenvalue weighted by Crippen LogP contribution is 2.29. The van der Waals surface area contributed by atoms with Crippen LogP contribution in [0.2, 0.25) is 0 Å². The predicted octanol–water partition coefficient (Wildman–Crippen LogP) is 2.24. The van der Waals surface area contributed by atoms with E-state index in [-0.39, 0.29) is 0 Å². The highest BCUT2D eigenvalue weighted by atomic mass is 16.5. The monoisotopic (exact) mass is 209 g/mol. The van der Waals surface area contributed by atoms with Crippen molar-refractivity contribution in [3.8, 4) is 0 Å². The van der Waals surface area contributed by atoms with E-state index in [4.69, 9.17) is 4.74 Å². The van der Waals surface area contributed by atoms with Crippen LogP contribution in [0.1, 0.15) is 38.0 Å². The highest BCUT2D eigenvalue weighted by molar-refractivity contribution is 5.25. The number of aryl methyl sites for hydroxylation is 1. The largest absolute Gasteiger partial charge is 0.385 e. The van der Waals surface area contributed by atoms with Gasteiger partial charge in [0, 0.05) is 24.6 Å². The lowest BCUT2D eigenvalue weighted by atomic mass is 9.93. The number of rotatable bonds is 4. The van der Waals surface area contributed by atoms with Gasteiger partial charge in [-0.1, -0.05) is 0 Å². The van der Waals surface area contributed by atoms with Crippen molar-refractivity contribution in [2.45, 2.75) is 39.4 Å². The molecule has 0 aliphatic heterocycles. The summed E-state index contributed by atoms with van der Waals surface area (Å²) in [6, 6.07) is 1.89. The van der Waals surface area contributed by atoms with E-state index in [0.717, 1.165) is 11.1 Å². The maximum absolute atomic E-state index is 10.2. The maximum Gasteiger partial charge on any atom is 0.109 e. The molecule has 0 radical (unpaired) electrons. The molecule has 1 aromatic rings. The molecule has 1 heterocycles. The SMILES string of the molecule is CCOC(C)(C)C(O)c1cnccc1C. The van der Waals surface area contributed by atoms with Gasteiger partial charge in [-0.25, -0.2) is 0 Å². The first-order valence-corrected chi connectivity index (χ1v) is 5.21. The van der Waals surface area contributed by atoms with Gasteiger partial charge in [0.05, 0.1) is 5.60 Å². The third-order valence-corrected chi connectivity index (χ3v) is 2.55. The average Bonchev–Trinajstić information content (AvgIpc) is 2.17. The van der Waals surface area contributed by atoms with Crippen molar-refractivity contribution >= 4 is 0 Å². The molecule has 0 amide bonds. The Kier molecular flexibility index (Phi) is 3.83. The zero-order chi connectivity index (χ0) is 11.5. The Morgan fingerprint density at radius 1 is 1.53 bits per heavy atom. The molecule has 0 aromatic carbocycles. The van der Waals surface area contributed by atoms with Gasteiger partial charge in [0.1, 0.15) is 6.10 Å². The van der Waals surface area contributed by atoms with E-state index >= 15 is 0 Å². The molecular formula is C12H19NO2. The summed E-state index contributed by atoms with van der Waals surface area (Å²) in [7, 11) is 0. The molecule has 1 atom stereocenters. The lowest BCUT2D eigenvalue weighted by molar-refractivity contribution is -0.0986. The third-order valence-electron chi connectivity index (χ3n) is 2.55. The summed E-state index contributed by atoms with van der Waals surface area (Å²) in [6.45, 7) is 8.23. The van der Waals surface area contributed by atoms with Crippen molar-refractivity contribution in [2.24, 2.45) is 0 Å². The van der Waals surface area contributed by atoms with Crippen LogP contribution in [0.25, 0.3) is 0 Å².